The fourth-order valence-electron chi connectivity index (χ4n) is 10.1. The smallest absolute Gasteiger partial charge is 0.306 e. The molecule has 3 nitrogen and oxygen atoms in total. The molecule has 1 aliphatic heterocycles. The van der Waals surface area contributed by atoms with Crippen molar-refractivity contribution in [1.29, 1.82) is 5.41 Å². The van der Waals surface area contributed by atoms with Gasteiger partial charge in [0, 0.05) is 23.5 Å². The molecule has 6 unspecified atom stereocenters. The zero-order valence-corrected chi connectivity index (χ0v) is 17.8. The summed E-state index contributed by atoms with van der Waals surface area (Å²) in [5, 5.41) is 8.25. The first-order valence-corrected chi connectivity index (χ1v) is 12.6. The lowest BCUT2D eigenvalue weighted by molar-refractivity contribution is -0.183. The molecule has 1 spiro atoms. The van der Waals surface area contributed by atoms with E-state index in [0.29, 0.717) is 12.3 Å². The lowest BCUT2D eigenvalue weighted by atomic mass is 9.45. The van der Waals surface area contributed by atoms with Crippen molar-refractivity contribution in [3.05, 3.63) is 11.6 Å². The summed E-state index contributed by atoms with van der Waals surface area (Å²) >= 11 is 0. The van der Waals surface area contributed by atoms with Crippen LogP contribution in [-0.4, -0.2) is 17.3 Å². The standard InChI is InChI=1S/C26H35NO2/c1-2-25-9-7-18-17-6-5-16(27)11-15(17)12-19(14-3-4-14)23(18)24(25)20-13-21(20)26(25)10-8-22(28)29-26/h11,14,17-21,23-24,27H,2-10,12-13H2,1H3/t17-,18?,19?,20?,21?,23?,24?,25-,26-/m0/s1. The second kappa shape index (κ2) is 5.56. The van der Waals surface area contributed by atoms with Gasteiger partial charge in [0.25, 0.3) is 0 Å². The average Bonchev–Trinajstić information content (AvgIpc) is 3.64. The Bertz CT molecular complexity index is 827. The third-order valence-corrected chi connectivity index (χ3v) is 11.1. The van der Waals surface area contributed by atoms with Crippen molar-refractivity contribution in [2.24, 2.45) is 52.8 Å². The van der Waals surface area contributed by atoms with Gasteiger partial charge in [0.05, 0.1) is 0 Å². The van der Waals surface area contributed by atoms with Crippen molar-refractivity contribution in [1.82, 2.24) is 0 Å². The molecule has 9 atom stereocenters. The zero-order chi connectivity index (χ0) is 19.5. The van der Waals surface area contributed by atoms with Crippen LogP contribution >= 0.6 is 0 Å². The molecule has 6 fully saturated rings. The maximum Gasteiger partial charge on any atom is 0.306 e. The Morgan fingerprint density at radius 1 is 1.10 bits per heavy atom. The highest BCUT2D eigenvalue weighted by atomic mass is 16.6. The molecule has 0 aromatic rings. The van der Waals surface area contributed by atoms with Gasteiger partial charge in [0.15, 0.2) is 0 Å². The summed E-state index contributed by atoms with van der Waals surface area (Å²) in [6.45, 7) is 2.41. The predicted molar refractivity (Wildman–Crippen MR) is 111 cm³/mol. The van der Waals surface area contributed by atoms with Crippen LogP contribution in [0.4, 0.5) is 0 Å². The van der Waals surface area contributed by atoms with Gasteiger partial charge >= 0.3 is 5.97 Å². The van der Waals surface area contributed by atoms with E-state index in [4.69, 9.17) is 10.1 Å². The summed E-state index contributed by atoms with van der Waals surface area (Å²) in [5.74, 6) is 6.63. The normalized spacial score (nSPS) is 54.9. The molecule has 1 saturated heterocycles. The molecular weight excluding hydrogens is 358 g/mol. The number of nitrogens with one attached hydrogen (secondary N) is 1. The van der Waals surface area contributed by atoms with E-state index in [2.05, 4.69) is 13.0 Å². The van der Waals surface area contributed by atoms with Crippen molar-refractivity contribution in [2.75, 3.05) is 0 Å². The number of rotatable bonds is 2. The molecule has 156 valence electrons. The molecule has 1 heterocycles. The number of esters is 1. The number of hydrogen-bond donors (Lipinski definition) is 1. The van der Waals surface area contributed by atoms with Crippen LogP contribution in [0.1, 0.15) is 77.6 Å². The minimum absolute atomic E-state index is 0.0876. The van der Waals surface area contributed by atoms with E-state index in [0.717, 1.165) is 60.0 Å². The summed E-state index contributed by atoms with van der Waals surface area (Å²) in [6, 6.07) is 0. The third-order valence-electron chi connectivity index (χ3n) is 11.1. The van der Waals surface area contributed by atoms with Gasteiger partial charge in [-0.1, -0.05) is 12.5 Å². The average molecular weight is 394 g/mol. The van der Waals surface area contributed by atoms with Crippen LogP contribution in [0.2, 0.25) is 0 Å². The van der Waals surface area contributed by atoms with Gasteiger partial charge in [0.1, 0.15) is 5.60 Å². The minimum atomic E-state index is -0.0992. The largest absolute Gasteiger partial charge is 0.458 e. The molecule has 7 rings (SSSR count). The number of hydrogen-bond acceptors (Lipinski definition) is 3. The predicted octanol–water partition coefficient (Wildman–Crippen LogP) is 5.54. The van der Waals surface area contributed by atoms with Crippen LogP contribution in [0.5, 0.6) is 0 Å². The van der Waals surface area contributed by atoms with E-state index in [-0.39, 0.29) is 17.0 Å². The second-order valence-corrected chi connectivity index (χ2v) is 11.8. The van der Waals surface area contributed by atoms with E-state index < -0.39 is 0 Å². The van der Waals surface area contributed by atoms with Crippen molar-refractivity contribution in [3.63, 3.8) is 0 Å². The SMILES string of the molecule is CC[C@]12CCC3C(C(C4CC4)CC4=CC(=N)CC[C@@H]43)C1C1CC1[C@@]21CCC(=O)O1. The van der Waals surface area contributed by atoms with Crippen molar-refractivity contribution >= 4 is 11.7 Å². The van der Waals surface area contributed by atoms with Crippen LogP contribution in [0.3, 0.4) is 0 Å². The van der Waals surface area contributed by atoms with Crippen LogP contribution in [0.25, 0.3) is 0 Å². The van der Waals surface area contributed by atoms with Crippen molar-refractivity contribution < 1.29 is 9.53 Å². The summed E-state index contributed by atoms with van der Waals surface area (Å²) in [4.78, 5) is 12.3. The number of fused-ring (bicyclic) bond motifs is 9. The number of carbonyl (C=O) groups is 1. The summed E-state index contributed by atoms with van der Waals surface area (Å²) in [6.07, 6.45) is 15.5. The number of carbonyl (C=O) groups excluding carboxylic acids is 1. The minimum Gasteiger partial charge on any atom is -0.458 e. The van der Waals surface area contributed by atoms with Crippen LogP contribution in [-0.2, 0) is 9.53 Å². The molecule has 3 heteroatoms. The maximum absolute atomic E-state index is 12.3. The molecule has 7 aliphatic rings. The molecule has 5 saturated carbocycles. The monoisotopic (exact) mass is 393 g/mol. The van der Waals surface area contributed by atoms with E-state index >= 15 is 0 Å². The van der Waals surface area contributed by atoms with E-state index in [1.165, 1.54) is 51.4 Å². The molecule has 0 bridgehead atoms. The zero-order valence-electron chi connectivity index (χ0n) is 17.8. The fourth-order valence-corrected chi connectivity index (χ4v) is 10.1. The van der Waals surface area contributed by atoms with Gasteiger partial charge in [-0.3, -0.25) is 4.79 Å². The molecule has 0 aromatic heterocycles. The van der Waals surface area contributed by atoms with Gasteiger partial charge < -0.3 is 10.1 Å². The van der Waals surface area contributed by atoms with E-state index in [1.54, 1.807) is 5.57 Å². The molecule has 6 aliphatic carbocycles. The van der Waals surface area contributed by atoms with Crippen molar-refractivity contribution in [3.8, 4) is 0 Å². The van der Waals surface area contributed by atoms with Gasteiger partial charge in [-0.15, -0.1) is 0 Å². The highest BCUT2D eigenvalue weighted by Crippen LogP contribution is 2.80. The quantitative estimate of drug-likeness (QED) is 0.627. The Labute approximate surface area is 174 Å². The lowest BCUT2D eigenvalue weighted by Gasteiger charge is -2.60. The Kier molecular flexibility index (Phi) is 3.37. The highest BCUT2D eigenvalue weighted by Gasteiger charge is 2.80. The van der Waals surface area contributed by atoms with Gasteiger partial charge in [-0.05, 0) is 112 Å². The Morgan fingerprint density at radius 3 is 2.69 bits per heavy atom. The fraction of sp³-hybridized carbons (Fsp3) is 0.846. The van der Waals surface area contributed by atoms with Crippen LogP contribution < -0.4 is 0 Å². The van der Waals surface area contributed by atoms with Gasteiger partial charge in [-0.25, -0.2) is 0 Å². The number of ether oxygens (including phenoxy) is 1. The van der Waals surface area contributed by atoms with Crippen molar-refractivity contribution in [2.45, 2.75) is 83.2 Å². The first-order valence-electron chi connectivity index (χ1n) is 12.6. The first-order chi connectivity index (χ1) is 14.1. The summed E-state index contributed by atoms with van der Waals surface area (Å²) < 4.78 is 6.36. The third kappa shape index (κ3) is 2.06. The Morgan fingerprint density at radius 2 is 1.97 bits per heavy atom. The van der Waals surface area contributed by atoms with E-state index in [9.17, 15) is 4.79 Å². The lowest BCUT2D eigenvalue weighted by Crippen LogP contribution is -2.58. The van der Waals surface area contributed by atoms with Crippen LogP contribution in [0, 0.1) is 58.2 Å². The van der Waals surface area contributed by atoms with E-state index in [1.807, 2.05) is 0 Å². The topological polar surface area (TPSA) is 50.2 Å². The summed E-state index contributed by atoms with van der Waals surface area (Å²) in [5.41, 5.74) is 2.69. The van der Waals surface area contributed by atoms with Crippen LogP contribution in [0.15, 0.2) is 11.6 Å². The maximum atomic E-state index is 12.3. The number of allylic oxidation sites excluding steroid dienone is 2. The van der Waals surface area contributed by atoms with Gasteiger partial charge in [-0.2, -0.15) is 0 Å². The highest BCUT2D eigenvalue weighted by molar-refractivity contribution is 5.93. The summed E-state index contributed by atoms with van der Waals surface area (Å²) in [7, 11) is 0. The molecule has 29 heavy (non-hydrogen) atoms. The molecule has 1 N–H and O–H groups in total. The molecule has 0 aromatic carbocycles. The first kappa shape index (κ1) is 17.5. The molecular formula is C26H35NO2. The molecule has 0 radical (unpaired) electrons. The Balaban J connectivity index is 1.33. The Hall–Kier alpha value is -1.12. The van der Waals surface area contributed by atoms with Gasteiger partial charge in [0.2, 0.25) is 0 Å². The molecule has 0 amide bonds. The second-order valence-electron chi connectivity index (χ2n) is 11.8.